The fourth-order valence-electron chi connectivity index (χ4n) is 2.26. The second-order valence-electron chi connectivity index (χ2n) is 5.19. The third kappa shape index (κ3) is 3.81. The number of sulfonamides is 1. The van der Waals surface area contributed by atoms with E-state index in [1.54, 1.807) is 28.9 Å². The van der Waals surface area contributed by atoms with Crippen molar-refractivity contribution >= 4 is 33.2 Å². The van der Waals surface area contributed by atoms with Gasteiger partial charge in [0.1, 0.15) is 5.65 Å². The van der Waals surface area contributed by atoms with Crippen LogP contribution in [0.3, 0.4) is 0 Å². The number of methoxy groups -OCH3 is 1. The first-order chi connectivity index (χ1) is 11.9. The van der Waals surface area contributed by atoms with E-state index in [2.05, 4.69) is 14.4 Å². The van der Waals surface area contributed by atoms with Crippen LogP contribution in [0.25, 0.3) is 5.65 Å². The summed E-state index contributed by atoms with van der Waals surface area (Å²) in [5.41, 5.74) is 1.36. The average molecular weight is 380 g/mol. The molecule has 0 saturated carbocycles. The van der Waals surface area contributed by atoms with Crippen LogP contribution in [0.1, 0.15) is 16.1 Å². The van der Waals surface area contributed by atoms with E-state index in [9.17, 15) is 13.2 Å². The molecule has 0 atom stereocenters. The Balaban J connectivity index is 1.80. The number of carbonyl (C=O) groups excluding carboxylic acids is 1. The molecule has 7 nitrogen and oxygen atoms in total. The first-order valence-electron chi connectivity index (χ1n) is 7.20. The number of nitrogens with one attached hydrogen (secondary N) is 1. The molecule has 2 aromatic heterocycles. The summed E-state index contributed by atoms with van der Waals surface area (Å²) >= 11 is 5.91. The third-order valence-electron chi connectivity index (χ3n) is 3.47. The third-order valence-corrected chi connectivity index (χ3v) is 5.10. The van der Waals surface area contributed by atoms with Crippen molar-refractivity contribution in [3.63, 3.8) is 0 Å². The maximum Gasteiger partial charge on any atom is 0.337 e. The molecular formula is C16H14ClN3O4S. The Morgan fingerprint density at radius 3 is 2.84 bits per heavy atom. The zero-order valence-electron chi connectivity index (χ0n) is 13.1. The average Bonchev–Trinajstić information content (AvgIpc) is 3.01. The van der Waals surface area contributed by atoms with Gasteiger partial charge in [0.15, 0.2) is 0 Å². The molecule has 0 amide bonds. The molecule has 0 fully saturated rings. The summed E-state index contributed by atoms with van der Waals surface area (Å²) < 4.78 is 33.6. The Morgan fingerprint density at radius 1 is 1.28 bits per heavy atom. The number of aromatic nitrogens is 2. The summed E-state index contributed by atoms with van der Waals surface area (Å²) in [5.74, 6) is -0.603. The molecule has 0 aliphatic heterocycles. The van der Waals surface area contributed by atoms with E-state index in [1.807, 2.05) is 0 Å². The minimum absolute atomic E-state index is 0.00405. The highest BCUT2D eigenvalue weighted by Crippen LogP contribution is 2.14. The zero-order valence-corrected chi connectivity index (χ0v) is 14.7. The molecule has 1 N–H and O–H groups in total. The molecule has 0 bridgehead atoms. The van der Waals surface area contributed by atoms with Crippen LogP contribution in [-0.2, 0) is 21.3 Å². The fraction of sp³-hybridized carbons (Fsp3) is 0.125. The van der Waals surface area contributed by atoms with E-state index < -0.39 is 16.0 Å². The van der Waals surface area contributed by atoms with E-state index in [1.165, 1.54) is 31.4 Å². The van der Waals surface area contributed by atoms with Crippen molar-refractivity contribution in [2.24, 2.45) is 0 Å². The molecule has 0 aliphatic carbocycles. The number of rotatable bonds is 5. The van der Waals surface area contributed by atoms with Crippen molar-refractivity contribution in [3.8, 4) is 0 Å². The van der Waals surface area contributed by atoms with Crippen LogP contribution >= 0.6 is 11.6 Å². The van der Waals surface area contributed by atoms with Gasteiger partial charge in [0.25, 0.3) is 0 Å². The number of pyridine rings is 1. The normalized spacial score (nSPS) is 11.6. The first-order valence-corrected chi connectivity index (χ1v) is 9.06. The number of benzene rings is 1. The van der Waals surface area contributed by atoms with Gasteiger partial charge < -0.3 is 9.14 Å². The highest BCUT2D eigenvalue weighted by Gasteiger charge is 2.17. The van der Waals surface area contributed by atoms with Gasteiger partial charge in [0.2, 0.25) is 10.0 Å². The Bertz CT molecular complexity index is 1050. The maximum absolute atomic E-state index is 12.4. The van der Waals surface area contributed by atoms with Crippen LogP contribution in [0, 0.1) is 0 Å². The number of hydrogen-bond donors (Lipinski definition) is 1. The summed E-state index contributed by atoms with van der Waals surface area (Å²) in [6.07, 6.45) is 3.37. The number of carbonyl (C=O) groups is 1. The minimum Gasteiger partial charge on any atom is -0.465 e. The molecule has 130 valence electrons. The van der Waals surface area contributed by atoms with Gasteiger partial charge in [0, 0.05) is 12.4 Å². The number of halogens is 1. The number of ether oxygens (including phenoxy) is 1. The van der Waals surface area contributed by atoms with Crippen LogP contribution in [0.15, 0.2) is 53.7 Å². The number of nitrogens with zero attached hydrogens (tertiary/aromatic N) is 2. The lowest BCUT2D eigenvalue weighted by Gasteiger charge is -2.06. The summed E-state index contributed by atoms with van der Waals surface area (Å²) in [5, 5.41) is 0.552. The minimum atomic E-state index is -3.80. The van der Waals surface area contributed by atoms with Crippen molar-refractivity contribution in [1.29, 1.82) is 0 Å². The van der Waals surface area contributed by atoms with Crippen LogP contribution in [0.5, 0.6) is 0 Å². The highest BCUT2D eigenvalue weighted by atomic mass is 35.5. The lowest BCUT2D eigenvalue weighted by molar-refractivity contribution is 0.0600. The van der Waals surface area contributed by atoms with Gasteiger partial charge in [-0.05, 0) is 30.3 Å². The second kappa shape index (κ2) is 6.83. The topological polar surface area (TPSA) is 89.8 Å². The van der Waals surface area contributed by atoms with Crippen LogP contribution in [0.4, 0.5) is 0 Å². The van der Waals surface area contributed by atoms with Crippen molar-refractivity contribution in [2.45, 2.75) is 11.4 Å². The van der Waals surface area contributed by atoms with E-state index >= 15 is 0 Å². The van der Waals surface area contributed by atoms with Crippen molar-refractivity contribution in [2.75, 3.05) is 7.11 Å². The quantitative estimate of drug-likeness (QED) is 0.687. The maximum atomic E-state index is 12.4. The monoisotopic (exact) mass is 379 g/mol. The summed E-state index contributed by atoms with van der Waals surface area (Å²) in [7, 11) is -2.57. The van der Waals surface area contributed by atoms with Gasteiger partial charge in [-0.3, -0.25) is 0 Å². The van der Waals surface area contributed by atoms with Crippen molar-refractivity contribution < 1.29 is 17.9 Å². The Hall–Kier alpha value is -2.42. The van der Waals surface area contributed by atoms with E-state index in [4.69, 9.17) is 11.6 Å². The van der Waals surface area contributed by atoms with Gasteiger partial charge in [-0.1, -0.05) is 17.7 Å². The van der Waals surface area contributed by atoms with Gasteiger partial charge in [-0.15, -0.1) is 0 Å². The van der Waals surface area contributed by atoms with Crippen molar-refractivity contribution in [1.82, 2.24) is 14.1 Å². The SMILES string of the molecule is COC(=O)c1cccc(S(=O)(=O)NCc2cn3cc(Cl)ccc3n2)c1. The van der Waals surface area contributed by atoms with E-state index in [0.29, 0.717) is 16.4 Å². The van der Waals surface area contributed by atoms with E-state index in [-0.39, 0.29) is 17.0 Å². The standard InChI is InChI=1S/C16H14ClN3O4S/c1-24-16(21)11-3-2-4-14(7-11)25(22,23)18-8-13-10-20-9-12(17)5-6-15(20)19-13/h2-7,9-10,18H,8H2,1H3. The molecule has 9 heteroatoms. The highest BCUT2D eigenvalue weighted by molar-refractivity contribution is 7.89. The molecular weight excluding hydrogens is 366 g/mol. The van der Waals surface area contributed by atoms with Crippen LogP contribution in [-0.4, -0.2) is 30.9 Å². The van der Waals surface area contributed by atoms with Gasteiger partial charge >= 0.3 is 5.97 Å². The van der Waals surface area contributed by atoms with E-state index in [0.717, 1.165) is 0 Å². The lowest BCUT2D eigenvalue weighted by Crippen LogP contribution is -2.23. The smallest absolute Gasteiger partial charge is 0.337 e. The Morgan fingerprint density at radius 2 is 2.08 bits per heavy atom. The second-order valence-corrected chi connectivity index (χ2v) is 7.39. The van der Waals surface area contributed by atoms with Crippen molar-refractivity contribution in [3.05, 3.63) is 65.1 Å². The first kappa shape index (κ1) is 17.4. The predicted molar refractivity (Wildman–Crippen MR) is 92.0 cm³/mol. The van der Waals surface area contributed by atoms with Crippen LogP contribution in [0.2, 0.25) is 5.02 Å². The number of hydrogen-bond acceptors (Lipinski definition) is 5. The molecule has 1 aromatic carbocycles. The van der Waals surface area contributed by atoms with Crippen LogP contribution < -0.4 is 4.72 Å². The molecule has 2 heterocycles. The summed E-state index contributed by atoms with van der Waals surface area (Å²) in [4.78, 5) is 15.8. The lowest BCUT2D eigenvalue weighted by atomic mass is 10.2. The molecule has 0 spiro atoms. The summed E-state index contributed by atoms with van der Waals surface area (Å²) in [6, 6.07) is 9.07. The molecule has 0 radical (unpaired) electrons. The Kier molecular flexibility index (Phi) is 4.76. The molecule has 3 aromatic rings. The molecule has 0 saturated heterocycles. The number of fused-ring (bicyclic) bond motifs is 1. The molecule has 0 unspecified atom stereocenters. The fourth-order valence-corrected chi connectivity index (χ4v) is 3.48. The van der Waals surface area contributed by atoms with Gasteiger partial charge in [0.05, 0.1) is 34.8 Å². The molecule has 0 aliphatic rings. The molecule has 3 rings (SSSR count). The number of imidazole rings is 1. The molecule has 25 heavy (non-hydrogen) atoms. The summed E-state index contributed by atoms with van der Waals surface area (Å²) in [6.45, 7) is 0.00405. The van der Waals surface area contributed by atoms with Gasteiger partial charge in [-0.2, -0.15) is 0 Å². The Labute approximate surface area is 149 Å². The predicted octanol–water partition coefficient (Wildman–Crippen LogP) is 2.25. The zero-order chi connectivity index (χ0) is 18.0. The largest absolute Gasteiger partial charge is 0.465 e. The van der Waals surface area contributed by atoms with Gasteiger partial charge in [-0.25, -0.2) is 22.9 Å². The number of esters is 1.